The predicted octanol–water partition coefficient (Wildman–Crippen LogP) is 1.36. The molecule has 0 saturated carbocycles. The number of ether oxygens (including phenoxy) is 1. The fraction of sp³-hybridized carbons (Fsp3) is 0.444. The smallest absolute Gasteiger partial charge is 0.254 e. The van der Waals surface area contributed by atoms with Gasteiger partial charge in [-0.15, -0.1) is 0 Å². The lowest BCUT2D eigenvalue weighted by atomic mass is 10.1. The van der Waals surface area contributed by atoms with Gasteiger partial charge in [-0.25, -0.2) is 0 Å². The third kappa shape index (κ3) is 3.83. The number of hydrogen-bond donors (Lipinski definition) is 1. The molecule has 2 amide bonds. The molecule has 0 aromatic heterocycles. The summed E-state index contributed by atoms with van der Waals surface area (Å²) in [5.74, 6) is -0.279. The summed E-state index contributed by atoms with van der Waals surface area (Å²) >= 11 is 0. The van der Waals surface area contributed by atoms with Crippen molar-refractivity contribution in [2.24, 2.45) is 0 Å². The first kappa shape index (κ1) is 16.7. The number of carbonyl (C=O) groups is 2. The van der Waals surface area contributed by atoms with Gasteiger partial charge in [0, 0.05) is 50.1 Å². The Morgan fingerprint density at radius 3 is 2.71 bits per heavy atom. The molecule has 0 radical (unpaired) electrons. The van der Waals surface area contributed by atoms with Gasteiger partial charge in [0.1, 0.15) is 0 Å². The summed E-state index contributed by atoms with van der Waals surface area (Å²) in [6, 6.07) is 7.53. The number of piperazine rings is 1. The Labute approximate surface area is 142 Å². The molecule has 128 valence electrons. The first-order valence-corrected chi connectivity index (χ1v) is 8.32. The second-order valence-electron chi connectivity index (χ2n) is 6.12. The van der Waals surface area contributed by atoms with Crippen LogP contribution in [0, 0.1) is 0 Å². The summed E-state index contributed by atoms with van der Waals surface area (Å²) in [6.07, 6.45) is 2.29. The van der Waals surface area contributed by atoms with E-state index in [1.807, 2.05) is 4.90 Å². The number of rotatable bonds is 4. The molecule has 24 heavy (non-hydrogen) atoms. The van der Waals surface area contributed by atoms with Gasteiger partial charge in [-0.1, -0.05) is 12.6 Å². The topological polar surface area (TPSA) is 61.9 Å². The quantitative estimate of drug-likeness (QED) is 0.847. The summed E-state index contributed by atoms with van der Waals surface area (Å²) in [7, 11) is 0. The number of anilines is 1. The van der Waals surface area contributed by atoms with Crippen LogP contribution in [0.2, 0.25) is 0 Å². The van der Waals surface area contributed by atoms with Gasteiger partial charge >= 0.3 is 0 Å². The van der Waals surface area contributed by atoms with Crippen LogP contribution in [0.25, 0.3) is 0 Å². The van der Waals surface area contributed by atoms with Gasteiger partial charge in [0.25, 0.3) is 5.91 Å². The third-order valence-electron chi connectivity index (χ3n) is 4.59. The molecule has 2 fully saturated rings. The number of hydrogen-bond acceptors (Lipinski definition) is 4. The molecule has 1 atom stereocenters. The molecule has 3 rings (SSSR count). The summed E-state index contributed by atoms with van der Waals surface area (Å²) in [6.45, 7) is 8.28. The van der Waals surface area contributed by atoms with Crippen molar-refractivity contribution in [1.82, 2.24) is 9.80 Å². The highest BCUT2D eigenvalue weighted by atomic mass is 16.5. The first-order valence-electron chi connectivity index (χ1n) is 8.32. The minimum absolute atomic E-state index is 0.00650. The monoisotopic (exact) mass is 329 g/mol. The van der Waals surface area contributed by atoms with E-state index in [0.29, 0.717) is 17.3 Å². The van der Waals surface area contributed by atoms with Crippen LogP contribution < -0.4 is 5.32 Å². The summed E-state index contributed by atoms with van der Waals surface area (Å²) < 4.78 is 5.44. The van der Waals surface area contributed by atoms with Crippen molar-refractivity contribution in [2.45, 2.75) is 12.5 Å². The average Bonchev–Trinajstić information content (AvgIpc) is 3.16. The lowest BCUT2D eigenvalue weighted by molar-refractivity contribution is -0.111. The van der Waals surface area contributed by atoms with Gasteiger partial charge < -0.3 is 15.0 Å². The second-order valence-corrected chi connectivity index (χ2v) is 6.12. The Hall–Kier alpha value is -2.18. The summed E-state index contributed by atoms with van der Waals surface area (Å²) in [4.78, 5) is 28.4. The number of amides is 2. The Balaban J connectivity index is 1.59. The molecule has 0 aliphatic carbocycles. The van der Waals surface area contributed by atoms with Gasteiger partial charge in [-0.3, -0.25) is 14.5 Å². The Kier molecular flexibility index (Phi) is 5.27. The standard InChI is InChI=1S/C18H23N3O3/c1-2-17(22)19-15-5-3-4-14(12-15)18(23)21-9-7-20(8-10-21)16-6-11-24-13-16/h2-5,12,16H,1,6-11,13H2,(H,19,22). The molecule has 1 N–H and O–H groups in total. The van der Waals surface area contributed by atoms with Gasteiger partial charge in [0.2, 0.25) is 5.91 Å². The van der Waals surface area contributed by atoms with Gasteiger partial charge in [-0.05, 0) is 30.7 Å². The second kappa shape index (κ2) is 7.59. The molecule has 1 aromatic rings. The largest absolute Gasteiger partial charge is 0.380 e. The van der Waals surface area contributed by atoms with Crippen molar-refractivity contribution in [2.75, 3.05) is 44.7 Å². The SMILES string of the molecule is C=CC(=O)Nc1cccc(C(=O)N2CCN(C3CCOC3)CC2)c1. The molecule has 2 aliphatic heterocycles. The molecule has 2 saturated heterocycles. The average molecular weight is 329 g/mol. The van der Waals surface area contributed by atoms with E-state index < -0.39 is 0 Å². The highest BCUT2D eigenvalue weighted by Gasteiger charge is 2.28. The van der Waals surface area contributed by atoms with Crippen molar-refractivity contribution in [3.8, 4) is 0 Å². The fourth-order valence-electron chi connectivity index (χ4n) is 3.21. The van der Waals surface area contributed by atoms with Crippen molar-refractivity contribution >= 4 is 17.5 Å². The van der Waals surface area contributed by atoms with E-state index in [1.165, 1.54) is 6.08 Å². The van der Waals surface area contributed by atoms with Crippen LogP contribution in [-0.2, 0) is 9.53 Å². The zero-order chi connectivity index (χ0) is 16.9. The van der Waals surface area contributed by atoms with E-state index in [4.69, 9.17) is 4.74 Å². The highest BCUT2D eigenvalue weighted by molar-refractivity contribution is 6.00. The molecule has 1 aromatic carbocycles. The van der Waals surface area contributed by atoms with Crippen LogP contribution in [0.3, 0.4) is 0 Å². The first-order chi connectivity index (χ1) is 11.7. The highest BCUT2D eigenvalue weighted by Crippen LogP contribution is 2.17. The van der Waals surface area contributed by atoms with Gasteiger partial charge in [-0.2, -0.15) is 0 Å². The van der Waals surface area contributed by atoms with E-state index in [0.717, 1.165) is 45.8 Å². The summed E-state index contributed by atoms with van der Waals surface area (Å²) in [5, 5.41) is 2.68. The third-order valence-corrected chi connectivity index (χ3v) is 4.59. The fourth-order valence-corrected chi connectivity index (χ4v) is 3.21. The van der Waals surface area contributed by atoms with Crippen LogP contribution in [0.4, 0.5) is 5.69 Å². The maximum absolute atomic E-state index is 12.7. The number of carbonyl (C=O) groups excluding carboxylic acids is 2. The van der Waals surface area contributed by atoms with E-state index in [-0.39, 0.29) is 11.8 Å². The molecule has 2 aliphatic rings. The minimum atomic E-state index is -0.285. The summed E-state index contributed by atoms with van der Waals surface area (Å²) in [5.41, 5.74) is 1.20. The van der Waals surface area contributed by atoms with E-state index >= 15 is 0 Å². The van der Waals surface area contributed by atoms with Crippen LogP contribution in [-0.4, -0.2) is 67.0 Å². The maximum atomic E-state index is 12.7. The minimum Gasteiger partial charge on any atom is -0.380 e. The van der Waals surface area contributed by atoms with Crippen molar-refractivity contribution in [3.63, 3.8) is 0 Å². The lowest BCUT2D eigenvalue weighted by Gasteiger charge is -2.37. The molecular formula is C18H23N3O3. The molecule has 0 spiro atoms. The lowest BCUT2D eigenvalue weighted by Crippen LogP contribution is -2.52. The zero-order valence-electron chi connectivity index (χ0n) is 13.7. The van der Waals surface area contributed by atoms with Crippen LogP contribution in [0.15, 0.2) is 36.9 Å². The van der Waals surface area contributed by atoms with E-state index in [1.54, 1.807) is 24.3 Å². The molecule has 2 heterocycles. The van der Waals surface area contributed by atoms with Crippen LogP contribution in [0.5, 0.6) is 0 Å². The van der Waals surface area contributed by atoms with Gasteiger partial charge in [0.15, 0.2) is 0 Å². The Bertz CT molecular complexity index is 618. The number of benzene rings is 1. The molecular weight excluding hydrogens is 306 g/mol. The van der Waals surface area contributed by atoms with Crippen LogP contribution in [0.1, 0.15) is 16.8 Å². The van der Waals surface area contributed by atoms with Crippen molar-refractivity contribution in [1.29, 1.82) is 0 Å². The molecule has 6 heteroatoms. The predicted molar refractivity (Wildman–Crippen MR) is 92.0 cm³/mol. The zero-order valence-corrected chi connectivity index (χ0v) is 13.7. The van der Waals surface area contributed by atoms with Crippen molar-refractivity contribution in [3.05, 3.63) is 42.5 Å². The molecule has 6 nitrogen and oxygen atoms in total. The van der Waals surface area contributed by atoms with Crippen LogP contribution >= 0.6 is 0 Å². The normalized spacial score (nSPS) is 21.5. The van der Waals surface area contributed by atoms with Crippen molar-refractivity contribution < 1.29 is 14.3 Å². The van der Waals surface area contributed by atoms with E-state index in [9.17, 15) is 9.59 Å². The van der Waals surface area contributed by atoms with Gasteiger partial charge in [0.05, 0.1) is 6.61 Å². The Morgan fingerprint density at radius 2 is 2.04 bits per heavy atom. The molecule has 0 bridgehead atoms. The van der Waals surface area contributed by atoms with E-state index in [2.05, 4.69) is 16.8 Å². The molecule has 1 unspecified atom stereocenters. The number of nitrogens with zero attached hydrogens (tertiary/aromatic N) is 2. The number of nitrogens with one attached hydrogen (secondary N) is 1. The Morgan fingerprint density at radius 1 is 1.25 bits per heavy atom. The maximum Gasteiger partial charge on any atom is 0.254 e.